The Labute approximate surface area is 172 Å². The number of carbonyl (C=O) groups excluding carboxylic acids is 2. The zero-order chi connectivity index (χ0) is 20.5. The van der Waals surface area contributed by atoms with Crippen LogP contribution in [0.5, 0.6) is 0 Å². The zero-order valence-corrected chi connectivity index (χ0v) is 17.6. The molecule has 5 heteroatoms. The van der Waals surface area contributed by atoms with E-state index in [1.807, 2.05) is 19.1 Å². The van der Waals surface area contributed by atoms with Crippen LogP contribution in [0.4, 0.5) is 0 Å². The van der Waals surface area contributed by atoms with E-state index in [1.165, 1.54) is 5.56 Å². The van der Waals surface area contributed by atoms with Crippen LogP contribution < -0.4 is 5.32 Å². The van der Waals surface area contributed by atoms with Gasteiger partial charge in [0.05, 0.1) is 0 Å². The van der Waals surface area contributed by atoms with Gasteiger partial charge in [-0.25, -0.2) is 0 Å². The molecule has 150 valence electrons. The minimum absolute atomic E-state index is 0.0232. The highest BCUT2D eigenvalue weighted by molar-refractivity contribution is 6.30. The van der Waals surface area contributed by atoms with Crippen LogP contribution in [-0.2, 0) is 29.0 Å². The van der Waals surface area contributed by atoms with Gasteiger partial charge in [0.15, 0.2) is 0 Å². The highest BCUT2D eigenvalue weighted by Gasteiger charge is 2.27. The van der Waals surface area contributed by atoms with Gasteiger partial charge in [-0.2, -0.15) is 0 Å². The van der Waals surface area contributed by atoms with E-state index in [0.717, 1.165) is 17.5 Å². The third kappa shape index (κ3) is 6.10. The fourth-order valence-electron chi connectivity index (χ4n) is 3.21. The molecule has 0 saturated heterocycles. The van der Waals surface area contributed by atoms with Gasteiger partial charge in [-0.1, -0.05) is 61.8 Å². The Bertz CT molecular complexity index is 772. The average Bonchev–Trinajstić information content (AvgIpc) is 2.73. The van der Waals surface area contributed by atoms with E-state index in [4.69, 9.17) is 11.6 Å². The summed E-state index contributed by atoms with van der Waals surface area (Å²) in [6.07, 6.45) is 2.58. The molecule has 0 radical (unpaired) electrons. The van der Waals surface area contributed by atoms with Crippen LogP contribution >= 0.6 is 11.6 Å². The lowest BCUT2D eigenvalue weighted by Gasteiger charge is -2.30. The molecule has 1 atom stereocenters. The Hall–Kier alpha value is -2.33. The summed E-state index contributed by atoms with van der Waals surface area (Å²) in [6.45, 7) is 4.43. The minimum atomic E-state index is -0.490. The van der Waals surface area contributed by atoms with Crippen molar-refractivity contribution in [2.24, 2.45) is 0 Å². The fraction of sp³-hybridized carbons (Fsp3) is 0.391. The number of nitrogens with zero attached hydrogens (tertiary/aromatic N) is 1. The van der Waals surface area contributed by atoms with E-state index in [2.05, 4.69) is 36.5 Å². The van der Waals surface area contributed by atoms with Crippen LogP contribution in [0, 0.1) is 0 Å². The number of likely N-dealkylation sites (N-methyl/N-ethyl adjacent to an activating group) is 1. The molecule has 0 aliphatic heterocycles. The second-order valence-electron chi connectivity index (χ2n) is 6.86. The Kier molecular flexibility index (Phi) is 8.52. The van der Waals surface area contributed by atoms with E-state index in [0.29, 0.717) is 30.8 Å². The van der Waals surface area contributed by atoms with Gasteiger partial charge in [0.25, 0.3) is 0 Å². The predicted octanol–water partition coefficient (Wildman–Crippen LogP) is 4.39. The van der Waals surface area contributed by atoms with Gasteiger partial charge in [0.1, 0.15) is 6.04 Å². The zero-order valence-electron chi connectivity index (χ0n) is 16.9. The molecule has 2 rings (SSSR count). The number of hydrogen-bond donors (Lipinski definition) is 1. The second kappa shape index (κ2) is 10.9. The topological polar surface area (TPSA) is 49.4 Å². The summed E-state index contributed by atoms with van der Waals surface area (Å²) in [5.74, 6) is -0.165. The van der Waals surface area contributed by atoms with Gasteiger partial charge in [-0.3, -0.25) is 9.59 Å². The smallest absolute Gasteiger partial charge is 0.242 e. The number of carbonyl (C=O) groups is 2. The van der Waals surface area contributed by atoms with Crippen molar-refractivity contribution in [3.05, 3.63) is 70.2 Å². The summed E-state index contributed by atoms with van der Waals surface area (Å²) in [4.78, 5) is 27.1. The van der Waals surface area contributed by atoms with Crippen LogP contribution in [0.1, 0.15) is 43.4 Å². The van der Waals surface area contributed by atoms with Crippen molar-refractivity contribution in [2.75, 3.05) is 7.05 Å². The number of hydrogen-bond acceptors (Lipinski definition) is 2. The average molecular weight is 401 g/mol. The Morgan fingerprint density at radius 1 is 0.964 bits per heavy atom. The second-order valence-corrected chi connectivity index (χ2v) is 7.29. The Morgan fingerprint density at radius 2 is 1.54 bits per heavy atom. The molecule has 2 aromatic carbocycles. The van der Waals surface area contributed by atoms with Crippen molar-refractivity contribution in [1.82, 2.24) is 10.2 Å². The van der Waals surface area contributed by atoms with Gasteiger partial charge in [-0.05, 0) is 48.1 Å². The van der Waals surface area contributed by atoms with Gasteiger partial charge in [-0.15, -0.1) is 0 Å². The summed E-state index contributed by atoms with van der Waals surface area (Å²) in [6, 6.07) is 15.2. The first-order valence-electron chi connectivity index (χ1n) is 9.81. The standard InChI is InChI=1S/C23H29ClN2O2/c1-4-17-6-8-18(9-7-17)12-15-22(27)26(21(5-2)23(28)25-3)16-19-10-13-20(24)14-11-19/h6-11,13-14,21H,4-5,12,15-16H2,1-3H3,(H,25,28)/t21-/m0/s1. The van der Waals surface area contributed by atoms with E-state index < -0.39 is 6.04 Å². The SMILES string of the molecule is CCc1ccc(CCC(=O)N(Cc2ccc(Cl)cc2)[C@@H](CC)C(=O)NC)cc1. The molecule has 0 aliphatic carbocycles. The van der Waals surface area contributed by atoms with Crippen molar-refractivity contribution < 1.29 is 9.59 Å². The molecule has 0 aromatic heterocycles. The number of nitrogens with one attached hydrogen (secondary N) is 1. The first-order chi connectivity index (χ1) is 13.5. The number of benzene rings is 2. The highest BCUT2D eigenvalue weighted by atomic mass is 35.5. The first kappa shape index (κ1) is 22.0. The maximum atomic E-state index is 13.1. The largest absolute Gasteiger partial charge is 0.357 e. The predicted molar refractivity (Wildman–Crippen MR) is 114 cm³/mol. The van der Waals surface area contributed by atoms with Crippen molar-refractivity contribution in [3.63, 3.8) is 0 Å². The van der Waals surface area contributed by atoms with E-state index >= 15 is 0 Å². The normalized spacial score (nSPS) is 11.7. The summed E-state index contributed by atoms with van der Waals surface area (Å²) >= 11 is 5.97. The fourth-order valence-corrected chi connectivity index (χ4v) is 3.34. The van der Waals surface area contributed by atoms with Crippen molar-refractivity contribution >= 4 is 23.4 Å². The molecule has 2 amide bonds. The Balaban J connectivity index is 2.14. The van der Waals surface area contributed by atoms with Crippen molar-refractivity contribution in [2.45, 2.75) is 52.1 Å². The summed E-state index contributed by atoms with van der Waals surface area (Å²) < 4.78 is 0. The van der Waals surface area contributed by atoms with Crippen LogP contribution in [0.25, 0.3) is 0 Å². The summed E-state index contributed by atoms with van der Waals surface area (Å²) in [5, 5.41) is 3.33. The number of aryl methyl sites for hydroxylation is 2. The summed E-state index contributed by atoms with van der Waals surface area (Å²) in [7, 11) is 1.60. The number of rotatable bonds is 9. The molecule has 28 heavy (non-hydrogen) atoms. The van der Waals surface area contributed by atoms with E-state index in [9.17, 15) is 9.59 Å². The van der Waals surface area contributed by atoms with Crippen LogP contribution in [0.3, 0.4) is 0 Å². The molecule has 0 bridgehead atoms. The summed E-state index contributed by atoms with van der Waals surface area (Å²) in [5.41, 5.74) is 3.36. The van der Waals surface area contributed by atoms with Gasteiger partial charge in [0.2, 0.25) is 11.8 Å². The van der Waals surface area contributed by atoms with E-state index in [1.54, 1.807) is 24.1 Å². The van der Waals surface area contributed by atoms with Gasteiger partial charge >= 0.3 is 0 Å². The lowest BCUT2D eigenvalue weighted by molar-refractivity contribution is -0.141. The maximum Gasteiger partial charge on any atom is 0.242 e. The lowest BCUT2D eigenvalue weighted by Crippen LogP contribution is -2.48. The van der Waals surface area contributed by atoms with Gasteiger partial charge in [0, 0.05) is 25.0 Å². The van der Waals surface area contributed by atoms with Crippen LogP contribution in [0.2, 0.25) is 5.02 Å². The molecule has 4 nitrogen and oxygen atoms in total. The van der Waals surface area contributed by atoms with Crippen LogP contribution in [-0.4, -0.2) is 29.8 Å². The quantitative estimate of drug-likeness (QED) is 0.678. The molecule has 0 fully saturated rings. The number of amides is 2. The number of halogens is 1. The molecule has 2 aromatic rings. The molecule has 0 heterocycles. The maximum absolute atomic E-state index is 13.1. The minimum Gasteiger partial charge on any atom is -0.357 e. The van der Waals surface area contributed by atoms with Crippen LogP contribution in [0.15, 0.2) is 48.5 Å². The Morgan fingerprint density at radius 3 is 2.07 bits per heavy atom. The monoisotopic (exact) mass is 400 g/mol. The molecule has 1 N–H and O–H groups in total. The van der Waals surface area contributed by atoms with Crippen molar-refractivity contribution in [1.29, 1.82) is 0 Å². The van der Waals surface area contributed by atoms with E-state index in [-0.39, 0.29) is 11.8 Å². The molecule has 0 aliphatic rings. The van der Waals surface area contributed by atoms with Crippen molar-refractivity contribution in [3.8, 4) is 0 Å². The third-order valence-corrected chi connectivity index (χ3v) is 5.21. The molecular weight excluding hydrogens is 372 g/mol. The molecule has 0 saturated carbocycles. The highest BCUT2D eigenvalue weighted by Crippen LogP contribution is 2.17. The molecular formula is C23H29ClN2O2. The first-order valence-corrected chi connectivity index (χ1v) is 10.2. The van der Waals surface area contributed by atoms with Gasteiger partial charge < -0.3 is 10.2 Å². The lowest BCUT2D eigenvalue weighted by atomic mass is 10.0. The molecule has 0 unspecified atom stereocenters. The third-order valence-electron chi connectivity index (χ3n) is 4.96. The molecule has 0 spiro atoms.